The molecule has 0 spiro atoms. The molecule has 0 bridgehead atoms. The summed E-state index contributed by atoms with van der Waals surface area (Å²) in [6, 6.07) is 6.30. The van der Waals surface area contributed by atoms with Crippen molar-refractivity contribution < 1.29 is 14.7 Å². The van der Waals surface area contributed by atoms with Gasteiger partial charge in [-0.15, -0.1) is 11.3 Å². The Kier molecular flexibility index (Phi) is 4.78. The molecule has 0 saturated heterocycles. The normalized spacial score (nSPS) is 16.3. The Morgan fingerprint density at radius 2 is 2.12 bits per heavy atom. The van der Waals surface area contributed by atoms with Crippen LogP contribution in [-0.4, -0.2) is 17.1 Å². The van der Waals surface area contributed by atoms with Crippen molar-refractivity contribution in [1.29, 1.82) is 0 Å². The Balaban J connectivity index is 1.82. The zero-order valence-corrected chi connectivity index (χ0v) is 14.6. The number of hydrogen-bond donors (Lipinski definition) is 3. The minimum Gasteiger partial charge on any atom is -0.478 e. The zero-order chi connectivity index (χ0) is 17.3. The number of halogens is 1. The smallest absolute Gasteiger partial charge is 0.339 e. The first-order valence-corrected chi connectivity index (χ1v) is 8.85. The average molecular weight is 365 g/mol. The number of benzene rings is 1. The van der Waals surface area contributed by atoms with E-state index in [1.54, 1.807) is 24.3 Å². The van der Waals surface area contributed by atoms with Crippen LogP contribution in [0.25, 0.3) is 0 Å². The molecule has 2 aromatic rings. The fourth-order valence-corrected chi connectivity index (χ4v) is 4.48. The molecule has 1 heterocycles. The predicted octanol–water partition coefficient (Wildman–Crippen LogP) is 4.87. The Hall–Kier alpha value is -2.05. The Bertz CT molecular complexity index is 803. The number of carboxylic acid groups (broad SMARTS) is 1. The monoisotopic (exact) mass is 364 g/mol. The van der Waals surface area contributed by atoms with Gasteiger partial charge in [0.15, 0.2) is 0 Å². The van der Waals surface area contributed by atoms with E-state index in [9.17, 15) is 14.7 Å². The number of fused-ring (bicyclic) bond motifs is 1. The largest absolute Gasteiger partial charge is 0.478 e. The number of thiophene rings is 1. The number of aromatic carboxylic acids is 1. The van der Waals surface area contributed by atoms with E-state index in [0.29, 0.717) is 21.6 Å². The number of carbonyl (C=O) groups is 2. The maximum Gasteiger partial charge on any atom is 0.339 e. The van der Waals surface area contributed by atoms with Gasteiger partial charge in [-0.1, -0.05) is 24.6 Å². The minimum atomic E-state index is -1.000. The van der Waals surface area contributed by atoms with E-state index in [2.05, 4.69) is 17.6 Å². The molecule has 3 rings (SSSR count). The molecule has 0 radical (unpaired) electrons. The highest BCUT2D eigenvalue weighted by Gasteiger charge is 2.28. The standard InChI is InChI=1S/C17H17ClN2O3S/c1-9-5-6-12-13(7-9)24-15(14(12)16(21)22)20-17(23)19-11-4-2-3-10(18)8-11/h2-4,8-9H,5-7H2,1H3,(H,21,22)(H2,19,20,23). The van der Waals surface area contributed by atoms with Crippen LogP contribution in [0.1, 0.15) is 34.1 Å². The van der Waals surface area contributed by atoms with Crippen molar-refractivity contribution in [3.8, 4) is 0 Å². The van der Waals surface area contributed by atoms with Crippen LogP contribution >= 0.6 is 22.9 Å². The maximum absolute atomic E-state index is 12.2. The molecule has 24 heavy (non-hydrogen) atoms. The molecular weight excluding hydrogens is 348 g/mol. The van der Waals surface area contributed by atoms with Gasteiger partial charge < -0.3 is 10.4 Å². The number of hydrogen-bond acceptors (Lipinski definition) is 3. The third-order valence-corrected chi connectivity index (χ3v) is 5.44. The van der Waals surface area contributed by atoms with Gasteiger partial charge in [0.25, 0.3) is 0 Å². The second-order valence-electron chi connectivity index (χ2n) is 5.95. The highest BCUT2D eigenvalue weighted by molar-refractivity contribution is 7.17. The van der Waals surface area contributed by atoms with Crippen LogP contribution < -0.4 is 10.6 Å². The van der Waals surface area contributed by atoms with Gasteiger partial charge in [0.05, 0.1) is 5.56 Å². The molecule has 1 aliphatic carbocycles. The molecule has 0 aliphatic heterocycles. The van der Waals surface area contributed by atoms with Crippen molar-refractivity contribution >= 4 is 45.6 Å². The summed E-state index contributed by atoms with van der Waals surface area (Å²) in [5.41, 5.74) is 1.64. The van der Waals surface area contributed by atoms with E-state index in [1.807, 2.05) is 0 Å². The van der Waals surface area contributed by atoms with Crippen LogP contribution in [0.3, 0.4) is 0 Å². The quantitative estimate of drug-likeness (QED) is 0.727. The fraction of sp³-hybridized carbons (Fsp3) is 0.294. The first kappa shape index (κ1) is 16.8. The molecule has 126 valence electrons. The Morgan fingerprint density at radius 3 is 2.83 bits per heavy atom. The number of carbonyl (C=O) groups excluding carboxylic acids is 1. The van der Waals surface area contributed by atoms with Crippen molar-refractivity contribution in [3.63, 3.8) is 0 Å². The molecule has 1 unspecified atom stereocenters. The van der Waals surface area contributed by atoms with Crippen LogP contribution in [0, 0.1) is 5.92 Å². The number of rotatable bonds is 3. The van der Waals surface area contributed by atoms with E-state index in [0.717, 1.165) is 29.7 Å². The molecule has 2 amide bonds. The molecule has 7 heteroatoms. The maximum atomic E-state index is 12.2. The summed E-state index contributed by atoms with van der Waals surface area (Å²) in [6.45, 7) is 2.15. The van der Waals surface area contributed by atoms with E-state index in [4.69, 9.17) is 11.6 Å². The van der Waals surface area contributed by atoms with E-state index in [-0.39, 0.29) is 5.56 Å². The summed E-state index contributed by atoms with van der Waals surface area (Å²) in [5.74, 6) is -0.467. The number of nitrogens with one attached hydrogen (secondary N) is 2. The lowest BCUT2D eigenvalue weighted by Gasteiger charge is -2.17. The molecule has 1 aliphatic rings. The van der Waals surface area contributed by atoms with Crippen molar-refractivity contribution in [2.45, 2.75) is 26.2 Å². The second-order valence-corrected chi connectivity index (χ2v) is 7.49. The molecule has 5 nitrogen and oxygen atoms in total. The third-order valence-electron chi connectivity index (χ3n) is 4.04. The van der Waals surface area contributed by atoms with Crippen molar-refractivity contribution in [1.82, 2.24) is 0 Å². The number of carboxylic acids is 1. The molecule has 0 fully saturated rings. The first-order chi connectivity index (χ1) is 11.4. The van der Waals surface area contributed by atoms with Gasteiger partial charge in [-0.3, -0.25) is 5.32 Å². The molecule has 1 aromatic heterocycles. The average Bonchev–Trinajstić information content (AvgIpc) is 2.83. The number of anilines is 2. The summed E-state index contributed by atoms with van der Waals surface area (Å²) >= 11 is 7.25. The molecule has 0 saturated carbocycles. The van der Waals surface area contributed by atoms with Crippen molar-refractivity contribution in [2.24, 2.45) is 5.92 Å². The van der Waals surface area contributed by atoms with Gasteiger partial charge in [0, 0.05) is 15.6 Å². The van der Waals surface area contributed by atoms with Crippen LogP contribution in [0.15, 0.2) is 24.3 Å². The number of amides is 2. The van der Waals surface area contributed by atoms with Crippen LogP contribution in [-0.2, 0) is 12.8 Å². The van der Waals surface area contributed by atoms with Gasteiger partial charge in [0.2, 0.25) is 0 Å². The molecule has 3 N–H and O–H groups in total. The first-order valence-electron chi connectivity index (χ1n) is 7.65. The summed E-state index contributed by atoms with van der Waals surface area (Å²) in [5, 5.41) is 15.8. The highest BCUT2D eigenvalue weighted by atomic mass is 35.5. The lowest BCUT2D eigenvalue weighted by molar-refractivity contribution is 0.0697. The molecule has 1 atom stereocenters. The summed E-state index contributed by atoms with van der Waals surface area (Å²) in [4.78, 5) is 24.9. The van der Waals surface area contributed by atoms with Gasteiger partial charge >= 0.3 is 12.0 Å². The van der Waals surface area contributed by atoms with Crippen LogP contribution in [0.2, 0.25) is 5.02 Å². The van der Waals surface area contributed by atoms with Gasteiger partial charge in [-0.2, -0.15) is 0 Å². The van der Waals surface area contributed by atoms with Crippen LogP contribution in [0.4, 0.5) is 15.5 Å². The van der Waals surface area contributed by atoms with Gasteiger partial charge in [-0.05, 0) is 48.9 Å². The Morgan fingerprint density at radius 1 is 1.33 bits per heavy atom. The lowest BCUT2D eigenvalue weighted by Crippen LogP contribution is -2.20. The summed E-state index contributed by atoms with van der Waals surface area (Å²) < 4.78 is 0. The van der Waals surface area contributed by atoms with Crippen molar-refractivity contribution in [2.75, 3.05) is 10.6 Å². The topological polar surface area (TPSA) is 78.4 Å². The van der Waals surface area contributed by atoms with E-state index < -0.39 is 12.0 Å². The Labute approximate surface area is 148 Å². The highest BCUT2D eigenvalue weighted by Crippen LogP contribution is 2.39. The summed E-state index contributed by atoms with van der Waals surface area (Å²) in [7, 11) is 0. The number of urea groups is 1. The second kappa shape index (κ2) is 6.83. The van der Waals surface area contributed by atoms with Crippen molar-refractivity contribution in [3.05, 3.63) is 45.3 Å². The SMILES string of the molecule is CC1CCc2c(sc(NC(=O)Nc3cccc(Cl)c3)c2C(=O)O)C1. The van der Waals surface area contributed by atoms with Crippen LogP contribution in [0.5, 0.6) is 0 Å². The van der Waals surface area contributed by atoms with E-state index in [1.165, 1.54) is 11.3 Å². The van der Waals surface area contributed by atoms with Gasteiger partial charge in [0.1, 0.15) is 5.00 Å². The zero-order valence-electron chi connectivity index (χ0n) is 13.1. The fourth-order valence-electron chi connectivity index (χ4n) is 2.90. The third kappa shape index (κ3) is 3.55. The van der Waals surface area contributed by atoms with Gasteiger partial charge in [-0.25, -0.2) is 9.59 Å². The summed E-state index contributed by atoms with van der Waals surface area (Å²) in [6.07, 6.45) is 2.57. The van der Waals surface area contributed by atoms with E-state index >= 15 is 0 Å². The lowest BCUT2D eigenvalue weighted by atomic mass is 9.88. The minimum absolute atomic E-state index is 0.225. The predicted molar refractivity (Wildman–Crippen MR) is 96.6 cm³/mol. The molecular formula is C17H17ClN2O3S. The molecule has 1 aromatic carbocycles.